The smallest absolute Gasteiger partial charge is 0.165 e. The van der Waals surface area contributed by atoms with E-state index in [0.717, 1.165) is 21.1 Å². The van der Waals surface area contributed by atoms with Gasteiger partial charge in [-0.1, -0.05) is 24.3 Å². The molecule has 0 fully saturated rings. The number of para-hydroxylation sites is 2. The van der Waals surface area contributed by atoms with Gasteiger partial charge in [-0.15, -0.1) is 0 Å². The zero-order valence-corrected chi connectivity index (χ0v) is 12.6. The quantitative estimate of drug-likeness (QED) is 0.736. The first kappa shape index (κ1) is 13.8. The number of aromatic nitrogens is 1. The molecule has 0 spiro atoms. The number of benzene rings is 2. The van der Waals surface area contributed by atoms with Gasteiger partial charge in [-0.25, -0.2) is 4.39 Å². The number of rotatable bonds is 3. The van der Waals surface area contributed by atoms with Crippen molar-refractivity contribution < 1.29 is 9.50 Å². The van der Waals surface area contributed by atoms with E-state index >= 15 is 0 Å². The third-order valence-corrected chi connectivity index (χ3v) is 3.65. The number of hydrogen-bond donors (Lipinski definition) is 2. The first-order valence-corrected chi connectivity index (χ1v) is 7.19. The van der Waals surface area contributed by atoms with Crippen molar-refractivity contribution in [2.45, 2.75) is 6.54 Å². The zero-order chi connectivity index (χ0) is 14.8. The Morgan fingerprint density at radius 2 is 2.00 bits per heavy atom. The van der Waals surface area contributed by atoms with E-state index in [-0.39, 0.29) is 5.75 Å². The Balaban J connectivity index is 1.90. The van der Waals surface area contributed by atoms with E-state index in [0.29, 0.717) is 12.1 Å². The monoisotopic (exact) mass is 346 g/mol. The van der Waals surface area contributed by atoms with Crippen molar-refractivity contribution in [1.82, 2.24) is 4.98 Å². The van der Waals surface area contributed by atoms with Crippen LogP contribution in [0.25, 0.3) is 10.9 Å². The molecule has 0 radical (unpaired) electrons. The summed E-state index contributed by atoms with van der Waals surface area (Å²) in [6.45, 7) is 0.320. The molecule has 106 valence electrons. The van der Waals surface area contributed by atoms with E-state index in [4.69, 9.17) is 0 Å². The topological polar surface area (TPSA) is 45.1 Å². The number of halogens is 2. The van der Waals surface area contributed by atoms with Gasteiger partial charge in [0.25, 0.3) is 0 Å². The molecule has 0 aliphatic rings. The van der Waals surface area contributed by atoms with Crippen LogP contribution >= 0.6 is 15.9 Å². The van der Waals surface area contributed by atoms with Gasteiger partial charge >= 0.3 is 0 Å². The van der Waals surface area contributed by atoms with E-state index in [1.807, 2.05) is 24.3 Å². The number of phenols is 1. The van der Waals surface area contributed by atoms with E-state index in [2.05, 4.69) is 26.2 Å². The summed E-state index contributed by atoms with van der Waals surface area (Å²) in [6, 6.07) is 12.3. The predicted molar refractivity (Wildman–Crippen MR) is 84.8 cm³/mol. The van der Waals surface area contributed by atoms with Gasteiger partial charge in [0.15, 0.2) is 11.6 Å². The lowest BCUT2D eigenvalue weighted by Crippen LogP contribution is -2.01. The lowest BCUT2D eigenvalue weighted by atomic mass is 10.1. The fraction of sp³-hybridized carbons (Fsp3) is 0.0625. The Kier molecular flexibility index (Phi) is 3.75. The zero-order valence-electron chi connectivity index (χ0n) is 11.0. The van der Waals surface area contributed by atoms with Gasteiger partial charge in [-0.05, 0) is 34.1 Å². The predicted octanol–water partition coefficient (Wildman–Crippen LogP) is 4.45. The minimum atomic E-state index is -0.616. The largest absolute Gasteiger partial charge is 0.505 e. The Morgan fingerprint density at radius 3 is 2.86 bits per heavy atom. The maximum atomic E-state index is 13.3. The highest BCUT2D eigenvalue weighted by molar-refractivity contribution is 9.10. The fourth-order valence-electron chi connectivity index (χ4n) is 2.17. The number of nitrogens with zero attached hydrogens (tertiary/aromatic N) is 1. The second kappa shape index (κ2) is 5.69. The molecular formula is C16H12BrFN2O. The van der Waals surface area contributed by atoms with Crippen molar-refractivity contribution in [3.63, 3.8) is 0 Å². The van der Waals surface area contributed by atoms with Crippen molar-refractivity contribution in [2.75, 3.05) is 5.32 Å². The number of pyridine rings is 1. The summed E-state index contributed by atoms with van der Waals surface area (Å²) in [5, 5.41) is 13.9. The summed E-state index contributed by atoms with van der Waals surface area (Å²) >= 11 is 3.39. The number of phenolic OH excluding ortho intramolecular Hbond substituents is 1. The van der Waals surface area contributed by atoms with Crippen LogP contribution in [-0.2, 0) is 6.54 Å². The summed E-state index contributed by atoms with van der Waals surface area (Å²) in [5.41, 5.74) is 2.17. The molecule has 0 aliphatic carbocycles. The van der Waals surface area contributed by atoms with Crippen LogP contribution in [0.15, 0.2) is 53.1 Å². The molecular weight excluding hydrogens is 335 g/mol. The van der Waals surface area contributed by atoms with Gasteiger partial charge in [-0.2, -0.15) is 0 Å². The van der Waals surface area contributed by atoms with Crippen LogP contribution in [-0.4, -0.2) is 10.1 Å². The van der Waals surface area contributed by atoms with Crippen LogP contribution in [0.2, 0.25) is 0 Å². The number of aromatic hydroxyl groups is 1. The molecule has 3 rings (SSSR count). The number of fused-ring (bicyclic) bond motifs is 1. The van der Waals surface area contributed by atoms with Crippen molar-refractivity contribution >= 4 is 32.5 Å². The molecule has 0 bridgehead atoms. The van der Waals surface area contributed by atoms with Gasteiger partial charge in [0.1, 0.15) is 0 Å². The Hall–Kier alpha value is -2.14. The van der Waals surface area contributed by atoms with Crippen molar-refractivity contribution in [2.24, 2.45) is 0 Å². The molecule has 0 atom stereocenters. The molecule has 0 aliphatic heterocycles. The molecule has 2 N–H and O–H groups in total. The molecule has 1 aromatic heterocycles. The average Bonchev–Trinajstić information content (AvgIpc) is 2.48. The molecule has 1 heterocycles. The normalized spacial score (nSPS) is 10.8. The molecule has 3 aromatic rings. The summed E-state index contributed by atoms with van der Waals surface area (Å²) in [6.07, 6.45) is 1.73. The maximum absolute atomic E-state index is 13.3. The maximum Gasteiger partial charge on any atom is 0.165 e. The highest BCUT2D eigenvalue weighted by Crippen LogP contribution is 2.26. The van der Waals surface area contributed by atoms with Crippen LogP contribution in [0.4, 0.5) is 10.1 Å². The standard InChI is InChI=1S/C16H12BrFN2O/c17-12-7-10-3-2-6-14(15(10)20-9-12)19-8-11-4-1-5-13(18)16(11)21/h1-7,9,19,21H,8H2. The highest BCUT2D eigenvalue weighted by atomic mass is 79.9. The van der Waals surface area contributed by atoms with E-state index in [1.54, 1.807) is 18.3 Å². The minimum Gasteiger partial charge on any atom is -0.505 e. The Bertz CT molecular complexity index is 807. The van der Waals surface area contributed by atoms with Crippen LogP contribution < -0.4 is 5.32 Å². The fourth-order valence-corrected chi connectivity index (χ4v) is 2.52. The number of nitrogens with one attached hydrogen (secondary N) is 1. The lowest BCUT2D eigenvalue weighted by molar-refractivity contribution is 0.427. The molecule has 21 heavy (non-hydrogen) atoms. The third-order valence-electron chi connectivity index (χ3n) is 3.22. The van der Waals surface area contributed by atoms with Crippen LogP contribution in [0.1, 0.15) is 5.56 Å². The second-order valence-electron chi connectivity index (χ2n) is 4.63. The first-order chi connectivity index (χ1) is 10.1. The van der Waals surface area contributed by atoms with E-state index < -0.39 is 5.82 Å². The Morgan fingerprint density at radius 1 is 1.19 bits per heavy atom. The number of hydrogen-bond acceptors (Lipinski definition) is 3. The van der Waals surface area contributed by atoms with Gasteiger partial charge < -0.3 is 10.4 Å². The van der Waals surface area contributed by atoms with Crippen LogP contribution in [0.3, 0.4) is 0 Å². The van der Waals surface area contributed by atoms with E-state index in [1.165, 1.54) is 6.07 Å². The third kappa shape index (κ3) is 2.83. The molecule has 5 heteroatoms. The van der Waals surface area contributed by atoms with Crippen molar-refractivity contribution in [3.05, 3.63) is 64.5 Å². The Labute approximate surface area is 129 Å². The SMILES string of the molecule is Oc1c(F)cccc1CNc1cccc2cc(Br)cnc12. The van der Waals surface area contributed by atoms with Gasteiger partial charge in [0.2, 0.25) is 0 Å². The molecule has 0 amide bonds. The molecule has 2 aromatic carbocycles. The highest BCUT2D eigenvalue weighted by Gasteiger charge is 2.07. The van der Waals surface area contributed by atoms with Gasteiger partial charge in [0, 0.05) is 28.2 Å². The van der Waals surface area contributed by atoms with Crippen LogP contribution in [0, 0.1) is 5.82 Å². The van der Waals surface area contributed by atoms with E-state index in [9.17, 15) is 9.50 Å². The van der Waals surface area contributed by atoms with Gasteiger partial charge in [-0.3, -0.25) is 4.98 Å². The minimum absolute atomic E-state index is 0.319. The number of anilines is 1. The van der Waals surface area contributed by atoms with Crippen molar-refractivity contribution in [3.8, 4) is 5.75 Å². The molecule has 0 saturated heterocycles. The molecule has 0 unspecified atom stereocenters. The second-order valence-corrected chi connectivity index (χ2v) is 5.55. The molecule has 3 nitrogen and oxygen atoms in total. The summed E-state index contributed by atoms with van der Waals surface area (Å²) in [7, 11) is 0. The average molecular weight is 347 g/mol. The van der Waals surface area contributed by atoms with Gasteiger partial charge in [0.05, 0.1) is 11.2 Å². The first-order valence-electron chi connectivity index (χ1n) is 6.39. The van der Waals surface area contributed by atoms with Crippen molar-refractivity contribution in [1.29, 1.82) is 0 Å². The summed E-state index contributed by atoms with van der Waals surface area (Å²) < 4.78 is 14.2. The summed E-state index contributed by atoms with van der Waals surface area (Å²) in [5.74, 6) is -0.935. The van der Waals surface area contributed by atoms with Crippen LogP contribution in [0.5, 0.6) is 5.75 Å². The molecule has 0 saturated carbocycles. The lowest BCUT2D eigenvalue weighted by Gasteiger charge is -2.10. The summed E-state index contributed by atoms with van der Waals surface area (Å²) in [4.78, 5) is 4.39.